The Kier molecular flexibility index (Phi) is 6.39. The smallest absolute Gasteiger partial charge is 0.246 e. The van der Waals surface area contributed by atoms with Gasteiger partial charge in [-0.2, -0.15) is 0 Å². The van der Waals surface area contributed by atoms with Crippen LogP contribution in [0.1, 0.15) is 30.0 Å². The van der Waals surface area contributed by atoms with Crippen LogP contribution in [0.25, 0.3) is 0 Å². The Balaban J connectivity index is 1.81. The zero-order chi connectivity index (χ0) is 20.9. The molecule has 1 fully saturated rings. The van der Waals surface area contributed by atoms with Gasteiger partial charge in [0.1, 0.15) is 24.1 Å². The Morgan fingerprint density at radius 3 is 2.45 bits per heavy atom. The lowest BCUT2D eigenvalue weighted by molar-refractivity contribution is -0.130. The van der Waals surface area contributed by atoms with Crippen molar-refractivity contribution in [2.75, 3.05) is 27.3 Å². The van der Waals surface area contributed by atoms with E-state index in [9.17, 15) is 9.59 Å². The van der Waals surface area contributed by atoms with Crippen LogP contribution >= 0.6 is 0 Å². The maximum atomic E-state index is 13.2. The standard InChI is InChI=1S/C22H27N3O4/c1-24-20(26)19(15-4-3-5-18(14-15)29-13-12-23)25-21(27)22(10-11-22)16-6-8-17(28-2)9-7-16/h3-9,14,19H,10-13,23H2,1-2H3,(H,24,26)(H,25,27). The van der Waals surface area contributed by atoms with Crippen LogP contribution < -0.4 is 25.8 Å². The zero-order valence-electron chi connectivity index (χ0n) is 16.7. The summed E-state index contributed by atoms with van der Waals surface area (Å²) < 4.78 is 10.8. The molecule has 2 aromatic carbocycles. The van der Waals surface area contributed by atoms with Crippen molar-refractivity contribution in [1.29, 1.82) is 0 Å². The molecule has 2 amide bonds. The van der Waals surface area contributed by atoms with Gasteiger partial charge in [0.2, 0.25) is 11.8 Å². The number of methoxy groups -OCH3 is 1. The van der Waals surface area contributed by atoms with Crippen LogP contribution in [0.2, 0.25) is 0 Å². The highest BCUT2D eigenvalue weighted by atomic mass is 16.5. The van der Waals surface area contributed by atoms with Crippen molar-refractivity contribution in [1.82, 2.24) is 10.6 Å². The SMILES string of the molecule is CNC(=O)C(NC(=O)C1(c2ccc(OC)cc2)CC1)c1cccc(OCCN)c1. The lowest BCUT2D eigenvalue weighted by Crippen LogP contribution is -2.43. The molecule has 1 saturated carbocycles. The second-order valence-corrected chi connectivity index (χ2v) is 7.04. The summed E-state index contributed by atoms with van der Waals surface area (Å²) in [7, 11) is 3.15. The average Bonchev–Trinajstić information content (AvgIpc) is 3.57. The third-order valence-electron chi connectivity index (χ3n) is 5.19. The highest BCUT2D eigenvalue weighted by Gasteiger charge is 2.52. The van der Waals surface area contributed by atoms with Gasteiger partial charge in [0.15, 0.2) is 0 Å². The summed E-state index contributed by atoms with van der Waals surface area (Å²) in [6.45, 7) is 0.769. The molecule has 4 N–H and O–H groups in total. The molecule has 0 heterocycles. The lowest BCUT2D eigenvalue weighted by atomic mass is 9.94. The topological polar surface area (TPSA) is 103 Å². The van der Waals surface area contributed by atoms with Gasteiger partial charge in [-0.15, -0.1) is 0 Å². The second-order valence-electron chi connectivity index (χ2n) is 7.04. The summed E-state index contributed by atoms with van der Waals surface area (Å²) in [6.07, 6.45) is 1.48. The molecular weight excluding hydrogens is 370 g/mol. The van der Waals surface area contributed by atoms with E-state index in [-0.39, 0.29) is 11.8 Å². The molecule has 0 radical (unpaired) electrons. The number of nitrogens with one attached hydrogen (secondary N) is 2. The maximum Gasteiger partial charge on any atom is 0.246 e. The first-order chi connectivity index (χ1) is 14.0. The lowest BCUT2D eigenvalue weighted by Gasteiger charge is -2.22. The number of carbonyl (C=O) groups is 2. The molecule has 0 bridgehead atoms. The van der Waals surface area contributed by atoms with Gasteiger partial charge in [-0.3, -0.25) is 9.59 Å². The number of rotatable bonds is 9. The maximum absolute atomic E-state index is 13.2. The molecule has 7 heteroatoms. The Morgan fingerprint density at radius 1 is 1.14 bits per heavy atom. The molecule has 1 aliphatic rings. The van der Waals surface area contributed by atoms with Gasteiger partial charge in [0.05, 0.1) is 12.5 Å². The predicted octanol–water partition coefficient (Wildman–Crippen LogP) is 1.67. The summed E-state index contributed by atoms with van der Waals surface area (Å²) >= 11 is 0. The first-order valence-corrected chi connectivity index (χ1v) is 9.64. The third-order valence-corrected chi connectivity index (χ3v) is 5.19. The van der Waals surface area contributed by atoms with Gasteiger partial charge in [-0.1, -0.05) is 24.3 Å². The first kappa shape index (κ1) is 20.7. The molecule has 7 nitrogen and oxygen atoms in total. The number of benzene rings is 2. The van der Waals surface area contributed by atoms with Crippen molar-refractivity contribution in [3.8, 4) is 11.5 Å². The number of ether oxygens (including phenoxy) is 2. The molecule has 3 rings (SSSR count). The van der Waals surface area contributed by atoms with E-state index in [4.69, 9.17) is 15.2 Å². The van der Waals surface area contributed by atoms with Crippen LogP contribution in [0.15, 0.2) is 48.5 Å². The number of likely N-dealkylation sites (N-methyl/N-ethyl adjacent to an activating group) is 1. The van der Waals surface area contributed by atoms with Crippen molar-refractivity contribution in [2.24, 2.45) is 5.73 Å². The quantitative estimate of drug-likeness (QED) is 0.597. The van der Waals surface area contributed by atoms with E-state index >= 15 is 0 Å². The van der Waals surface area contributed by atoms with Gasteiger partial charge in [0, 0.05) is 13.6 Å². The molecule has 1 aliphatic carbocycles. The van der Waals surface area contributed by atoms with Crippen LogP contribution in [0.3, 0.4) is 0 Å². The van der Waals surface area contributed by atoms with Gasteiger partial charge in [-0.05, 0) is 48.2 Å². The molecule has 1 atom stereocenters. The van der Waals surface area contributed by atoms with Crippen LogP contribution in [-0.4, -0.2) is 39.1 Å². The van der Waals surface area contributed by atoms with E-state index in [0.29, 0.717) is 24.5 Å². The minimum Gasteiger partial charge on any atom is -0.497 e. The highest BCUT2D eigenvalue weighted by Crippen LogP contribution is 2.49. The largest absolute Gasteiger partial charge is 0.497 e. The monoisotopic (exact) mass is 397 g/mol. The van der Waals surface area contributed by atoms with E-state index in [2.05, 4.69) is 10.6 Å². The van der Waals surface area contributed by atoms with Crippen molar-refractivity contribution >= 4 is 11.8 Å². The van der Waals surface area contributed by atoms with Crippen molar-refractivity contribution in [2.45, 2.75) is 24.3 Å². The number of carbonyl (C=O) groups excluding carboxylic acids is 2. The molecule has 154 valence electrons. The molecule has 0 spiro atoms. The fourth-order valence-corrected chi connectivity index (χ4v) is 3.36. The summed E-state index contributed by atoms with van der Waals surface area (Å²) in [5, 5.41) is 5.56. The summed E-state index contributed by atoms with van der Waals surface area (Å²) in [5.74, 6) is 0.888. The third kappa shape index (κ3) is 4.51. The Labute approximate surface area is 170 Å². The summed E-state index contributed by atoms with van der Waals surface area (Å²) in [5.41, 5.74) is 6.45. The first-order valence-electron chi connectivity index (χ1n) is 9.64. The van der Waals surface area contributed by atoms with E-state index in [1.54, 1.807) is 38.4 Å². The zero-order valence-corrected chi connectivity index (χ0v) is 16.7. The van der Waals surface area contributed by atoms with Gasteiger partial charge in [0.25, 0.3) is 0 Å². The van der Waals surface area contributed by atoms with Crippen molar-refractivity contribution < 1.29 is 19.1 Å². The predicted molar refractivity (Wildman–Crippen MR) is 110 cm³/mol. The van der Waals surface area contributed by atoms with Gasteiger partial charge < -0.3 is 25.8 Å². The molecule has 0 saturated heterocycles. The normalized spacial score (nSPS) is 15.1. The molecule has 0 aliphatic heterocycles. The van der Waals surface area contributed by atoms with Crippen LogP contribution in [0, 0.1) is 0 Å². The summed E-state index contributed by atoms with van der Waals surface area (Å²) in [6, 6.07) is 13.8. The Bertz CT molecular complexity index is 863. The second kappa shape index (κ2) is 8.96. The number of nitrogens with two attached hydrogens (primary N) is 1. The van der Waals surface area contributed by atoms with Crippen LogP contribution in [0.5, 0.6) is 11.5 Å². The van der Waals surface area contributed by atoms with E-state index in [1.165, 1.54) is 0 Å². The van der Waals surface area contributed by atoms with E-state index < -0.39 is 11.5 Å². The molecular formula is C22H27N3O4. The summed E-state index contributed by atoms with van der Waals surface area (Å²) in [4.78, 5) is 25.7. The van der Waals surface area contributed by atoms with Gasteiger partial charge >= 0.3 is 0 Å². The minimum atomic E-state index is -0.815. The molecule has 29 heavy (non-hydrogen) atoms. The average molecular weight is 397 g/mol. The van der Waals surface area contributed by atoms with Crippen molar-refractivity contribution in [3.05, 3.63) is 59.7 Å². The minimum absolute atomic E-state index is 0.162. The van der Waals surface area contributed by atoms with E-state index in [1.807, 2.05) is 24.3 Å². The molecule has 1 unspecified atom stereocenters. The fourth-order valence-electron chi connectivity index (χ4n) is 3.36. The van der Waals surface area contributed by atoms with Crippen molar-refractivity contribution in [3.63, 3.8) is 0 Å². The fraction of sp³-hybridized carbons (Fsp3) is 0.364. The highest BCUT2D eigenvalue weighted by molar-refractivity contribution is 5.95. The molecule has 0 aromatic heterocycles. The Morgan fingerprint density at radius 2 is 1.86 bits per heavy atom. The van der Waals surface area contributed by atoms with E-state index in [0.717, 1.165) is 24.2 Å². The van der Waals surface area contributed by atoms with Crippen LogP contribution in [0.4, 0.5) is 0 Å². The number of hydrogen-bond donors (Lipinski definition) is 3. The number of amides is 2. The Hall–Kier alpha value is -3.06. The van der Waals surface area contributed by atoms with Gasteiger partial charge in [-0.25, -0.2) is 0 Å². The molecule has 2 aromatic rings. The van der Waals surface area contributed by atoms with Crippen LogP contribution in [-0.2, 0) is 15.0 Å². The number of hydrogen-bond acceptors (Lipinski definition) is 5.